The average Bonchev–Trinajstić information content (AvgIpc) is 2.01. The van der Waals surface area contributed by atoms with E-state index in [-0.39, 0.29) is 24.6 Å². The first-order chi connectivity index (χ1) is 6.39. The average molecular weight is 211 g/mol. The molecule has 1 heterocycles. The van der Waals surface area contributed by atoms with Crippen LogP contribution < -0.4 is 24.0 Å². The van der Waals surface area contributed by atoms with Crippen LogP contribution in [-0.4, -0.2) is 11.0 Å². The second kappa shape index (κ2) is 5.19. The molecule has 0 saturated heterocycles. The van der Waals surface area contributed by atoms with E-state index in [1.807, 2.05) is 0 Å². The van der Waals surface area contributed by atoms with E-state index in [0.717, 1.165) is 12.3 Å². The van der Waals surface area contributed by atoms with Gasteiger partial charge in [0.1, 0.15) is 0 Å². The molecular formula is C8H5F3LiNO2. The Bertz CT molecular complexity index is 354. The molecule has 0 aliphatic carbocycles. The third-order valence-electron chi connectivity index (χ3n) is 1.47. The number of rotatable bonds is 2. The van der Waals surface area contributed by atoms with Crippen LogP contribution in [0.2, 0.25) is 0 Å². The summed E-state index contributed by atoms with van der Waals surface area (Å²) in [4.78, 5) is 13.6. The molecule has 0 unspecified atom stereocenters. The fourth-order valence-corrected chi connectivity index (χ4v) is 0.899. The van der Waals surface area contributed by atoms with Gasteiger partial charge in [-0.05, 0) is 12.1 Å². The molecule has 1 aromatic heterocycles. The fourth-order valence-electron chi connectivity index (χ4n) is 0.899. The molecule has 1 aromatic rings. The summed E-state index contributed by atoms with van der Waals surface area (Å²) in [6, 6.07) is 1.47. The normalized spacial score (nSPS) is 10.6. The van der Waals surface area contributed by atoms with Crippen molar-refractivity contribution in [2.45, 2.75) is 12.6 Å². The fraction of sp³-hybridized carbons (Fsp3) is 0.250. The summed E-state index contributed by atoms with van der Waals surface area (Å²) in [7, 11) is 0. The van der Waals surface area contributed by atoms with E-state index in [4.69, 9.17) is 0 Å². The molecule has 0 aromatic carbocycles. The number of carboxylic acids is 1. The summed E-state index contributed by atoms with van der Waals surface area (Å²) in [5.74, 6) is -1.46. The zero-order valence-electron chi connectivity index (χ0n) is 7.84. The Morgan fingerprint density at radius 2 is 2.07 bits per heavy atom. The van der Waals surface area contributed by atoms with Gasteiger partial charge in [-0.3, -0.25) is 4.98 Å². The molecule has 7 heteroatoms. The molecule has 0 spiro atoms. The number of aromatic nitrogens is 1. The van der Waals surface area contributed by atoms with Crippen LogP contribution in [0.5, 0.6) is 0 Å². The van der Waals surface area contributed by atoms with E-state index in [2.05, 4.69) is 4.98 Å². The summed E-state index contributed by atoms with van der Waals surface area (Å²) >= 11 is 0. The predicted octanol–water partition coefficient (Wildman–Crippen LogP) is -2.60. The second-order valence-electron chi connectivity index (χ2n) is 2.58. The number of nitrogens with zero attached hydrogens (tertiary/aromatic N) is 1. The third kappa shape index (κ3) is 4.36. The molecule has 0 aliphatic rings. The molecule has 0 saturated carbocycles. The molecule has 0 bridgehead atoms. The summed E-state index contributed by atoms with van der Waals surface area (Å²) in [6.07, 6.45) is -4.19. The van der Waals surface area contributed by atoms with Gasteiger partial charge >= 0.3 is 25.0 Å². The van der Waals surface area contributed by atoms with Gasteiger partial charge in [-0.1, -0.05) is 0 Å². The number of aliphatic carboxylic acids is 1. The summed E-state index contributed by atoms with van der Waals surface area (Å²) in [5.41, 5.74) is -1.08. The zero-order chi connectivity index (χ0) is 10.8. The largest absolute Gasteiger partial charge is 1.00 e. The van der Waals surface area contributed by atoms with Gasteiger partial charge in [-0.2, -0.15) is 13.2 Å². The van der Waals surface area contributed by atoms with E-state index in [1.54, 1.807) is 0 Å². The monoisotopic (exact) mass is 211 g/mol. The Morgan fingerprint density at radius 3 is 2.53 bits per heavy atom. The van der Waals surface area contributed by atoms with Crippen molar-refractivity contribution >= 4 is 5.97 Å². The summed E-state index contributed by atoms with van der Waals surface area (Å²) < 4.78 is 36.3. The van der Waals surface area contributed by atoms with Crippen molar-refractivity contribution in [2.24, 2.45) is 0 Å². The number of carboxylic acid groups (broad SMARTS) is 1. The number of hydrogen-bond acceptors (Lipinski definition) is 3. The molecule has 0 N–H and O–H groups in total. The standard InChI is InChI=1S/C8H6F3NO2.Li/c9-8(10,11)5-1-2-12-6(3-5)4-7(13)14;/h1-3H,4H2,(H,13,14);/q;+1/p-1. The van der Waals surface area contributed by atoms with Gasteiger partial charge in [0.05, 0.1) is 5.56 Å². The topological polar surface area (TPSA) is 53.0 Å². The number of hydrogen-bond donors (Lipinski definition) is 0. The molecule has 0 fully saturated rings. The SMILES string of the molecule is O=C([O-])Cc1cc(C(F)(F)F)ccn1.[Li+]. The maximum atomic E-state index is 12.1. The van der Waals surface area contributed by atoms with Gasteiger partial charge in [0, 0.05) is 24.3 Å². The quantitative estimate of drug-likeness (QED) is 0.504. The van der Waals surface area contributed by atoms with E-state index >= 15 is 0 Å². The van der Waals surface area contributed by atoms with Gasteiger partial charge < -0.3 is 9.90 Å². The van der Waals surface area contributed by atoms with Gasteiger partial charge in [-0.15, -0.1) is 0 Å². The Hall–Kier alpha value is -0.993. The van der Waals surface area contributed by atoms with E-state index in [0.29, 0.717) is 6.07 Å². The van der Waals surface area contributed by atoms with Crippen LogP contribution in [0.3, 0.4) is 0 Å². The van der Waals surface area contributed by atoms with Gasteiger partial charge in [0.2, 0.25) is 0 Å². The Labute approximate surface area is 95.5 Å². The first-order valence-electron chi connectivity index (χ1n) is 3.61. The zero-order valence-corrected chi connectivity index (χ0v) is 7.84. The van der Waals surface area contributed by atoms with Crippen LogP contribution in [0.25, 0.3) is 0 Å². The second-order valence-corrected chi connectivity index (χ2v) is 2.58. The molecule has 3 nitrogen and oxygen atoms in total. The maximum Gasteiger partial charge on any atom is 1.00 e. The van der Waals surface area contributed by atoms with Crippen molar-refractivity contribution in [1.29, 1.82) is 0 Å². The van der Waals surface area contributed by atoms with Crippen LogP contribution in [-0.2, 0) is 17.4 Å². The van der Waals surface area contributed by atoms with Crippen molar-refractivity contribution in [3.63, 3.8) is 0 Å². The Morgan fingerprint density at radius 1 is 1.47 bits per heavy atom. The van der Waals surface area contributed by atoms with Crippen molar-refractivity contribution < 1.29 is 41.9 Å². The molecule has 76 valence electrons. The van der Waals surface area contributed by atoms with Crippen LogP contribution in [0.1, 0.15) is 11.3 Å². The number of carbonyl (C=O) groups excluding carboxylic acids is 1. The Kier molecular flexibility index (Phi) is 4.85. The van der Waals surface area contributed by atoms with E-state index in [9.17, 15) is 23.1 Å². The molecule has 0 atom stereocenters. The molecule has 15 heavy (non-hydrogen) atoms. The molecular weight excluding hydrogens is 206 g/mol. The minimum absolute atomic E-state index is 0. The summed E-state index contributed by atoms with van der Waals surface area (Å²) in [5, 5.41) is 10.1. The smallest absolute Gasteiger partial charge is 0.550 e. The van der Waals surface area contributed by atoms with Crippen LogP contribution >= 0.6 is 0 Å². The number of pyridine rings is 1. The molecule has 0 amide bonds. The molecule has 0 radical (unpaired) electrons. The van der Waals surface area contributed by atoms with Crippen LogP contribution in [0.4, 0.5) is 13.2 Å². The minimum atomic E-state index is -4.48. The van der Waals surface area contributed by atoms with E-state index in [1.165, 1.54) is 0 Å². The molecule has 1 rings (SSSR count). The summed E-state index contributed by atoms with van der Waals surface area (Å²) in [6.45, 7) is 0. The minimum Gasteiger partial charge on any atom is -0.550 e. The van der Waals surface area contributed by atoms with Crippen molar-refractivity contribution in [3.8, 4) is 0 Å². The van der Waals surface area contributed by atoms with Crippen molar-refractivity contribution in [1.82, 2.24) is 4.98 Å². The van der Waals surface area contributed by atoms with Crippen molar-refractivity contribution in [3.05, 3.63) is 29.6 Å². The number of halogens is 3. The van der Waals surface area contributed by atoms with Crippen LogP contribution in [0.15, 0.2) is 18.3 Å². The maximum absolute atomic E-state index is 12.1. The first kappa shape index (κ1) is 14.0. The predicted molar refractivity (Wildman–Crippen MR) is 38.0 cm³/mol. The number of alkyl halides is 3. The van der Waals surface area contributed by atoms with E-state index < -0.39 is 24.1 Å². The van der Waals surface area contributed by atoms with Gasteiger partial charge in [0.25, 0.3) is 0 Å². The van der Waals surface area contributed by atoms with Crippen molar-refractivity contribution in [2.75, 3.05) is 0 Å². The number of carbonyl (C=O) groups is 1. The third-order valence-corrected chi connectivity index (χ3v) is 1.47. The van der Waals surface area contributed by atoms with Gasteiger partial charge in [0.15, 0.2) is 0 Å². The molecule has 0 aliphatic heterocycles. The van der Waals surface area contributed by atoms with Crippen LogP contribution in [0, 0.1) is 0 Å². The first-order valence-corrected chi connectivity index (χ1v) is 3.61. The van der Waals surface area contributed by atoms with Gasteiger partial charge in [-0.25, -0.2) is 0 Å². The Balaban J connectivity index is 0.00000196.